The number of hydrogen-bond acceptors (Lipinski definition) is 4. The van der Waals surface area contributed by atoms with Gasteiger partial charge >= 0.3 is 6.03 Å². The molecule has 7 heteroatoms. The molecule has 0 saturated carbocycles. The van der Waals surface area contributed by atoms with Crippen molar-refractivity contribution in [2.75, 3.05) is 13.2 Å². The van der Waals surface area contributed by atoms with Crippen molar-refractivity contribution in [2.24, 2.45) is 0 Å². The first-order valence-electron chi connectivity index (χ1n) is 8.57. The van der Waals surface area contributed by atoms with Crippen LogP contribution in [0, 0.1) is 6.92 Å². The van der Waals surface area contributed by atoms with Crippen LogP contribution in [0.2, 0.25) is 0 Å². The monoisotopic (exact) mass is 432 g/mol. The van der Waals surface area contributed by atoms with E-state index in [1.165, 1.54) is 0 Å². The summed E-state index contributed by atoms with van der Waals surface area (Å²) in [4.78, 5) is 26.2. The molecule has 27 heavy (non-hydrogen) atoms. The molecule has 1 aliphatic rings. The van der Waals surface area contributed by atoms with E-state index in [1.54, 1.807) is 19.1 Å². The summed E-state index contributed by atoms with van der Waals surface area (Å²) in [5.74, 6) is 0.206. The van der Waals surface area contributed by atoms with Crippen molar-refractivity contribution in [1.29, 1.82) is 0 Å². The highest BCUT2D eigenvalue weighted by atomic mass is 79.9. The minimum Gasteiger partial charge on any atom is -0.491 e. The lowest BCUT2D eigenvalue weighted by molar-refractivity contribution is -0.132. The standard InChI is InChI=1S/C20H21BrN2O4/c1-13-3-5-14(6-4-13)20(2)18(25)23(19(26)22-20)11-16(24)12-27-17-9-7-15(21)8-10-17/h3-10,16,24H,11-12H2,1-2H3,(H,22,26)/t16-,20+/m1/s1. The normalized spacial score (nSPS) is 20.5. The number of aliphatic hydroxyl groups excluding tert-OH is 1. The first-order chi connectivity index (χ1) is 12.8. The average Bonchev–Trinajstić information content (AvgIpc) is 2.86. The summed E-state index contributed by atoms with van der Waals surface area (Å²) in [7, 11) is 0. The SMILES string of the molecule is Cc1ccc([C@]2(C)NC(=O)N(C[C@@H](O)COc3ccc(Br)cc3)C2=O)cc1. The Kier molecular flexibility index (Phi) is 5.53. The highest BCUT2D eigenvalue weighted by Gasteiger charge is 2.49. The highest BCUT2D eigenvalue weighted by molar-refractivity contribution is 9.10. The number of carbonyl (C=O) groups excluding carboxylic acids is 2. The van der Waals surface area contributed by atoms with Crippen molar-refractivity contribution in [3.05, 3.63) is 64.1 Å². The number of nitrogens with one attached hydrogen (secondary N) is 1. The molecule has 2 aromatic carbocycles. The summed E-state index contributed by atoms with van der Waals surface area (Å²) in [5, 5.41) is 13.0. The van der Waals surface area contributed by atoms with Crippen molar-refractivity contribution < 1.29 is 19.4 Å². The van der Waals surface area contributed by atoms with Crippen LogP contribution >= 0.6 is 15.9 Å². The number of benzene rings is 2. The van der Waals surface area contributed by atoms with Crippen molar-refractivity contribution >= 4 is 27.9 Å². The third-order valence-corrected chi connectivity index (χ3v) is 5.08. The largest absolute Gasteiger partial charge is 0.491 e. The van der Waals surface area contributed by atoms with E-state index in [-0.39, 0.29) is 19.1 Å². The minimum atomic E-state index is -1.14. The van der Waals surface area contributed by atoms with Gasteiger partial charge in [0, 0.05) is 4.47 Å². The zero-order valence-electron chi connectivity index (χ0n) is 15.1. The van der Waals surface area contributed by atoms with Crippen LogP contribution in [-0.4, -0.2) is 41.2 Å². The van der Waals surface area contributed by atoms with Gasteiger partial charge in [-0.2, -0.15) is 0 Å². The lowest BCUT2D eigenvalue weighted by Gasteiger charge is -2.23. The van der Waals surface area contributed by atoms with Crippen LogP contribution in [0.1, 0.15) is 18.1 Å². The van der Waals surface area contributed by atoms with Crippen LogP contribution in [0.4, 0.5) is 4.79 Å². The Bertz CT molecular complexity index is 838. The Hall–Kier alpha value is -2.38. The zero-order valence-corrected chi connectivity index (χ0v) is 16.7. The number of nitrogens with zero attached hydrogens (tertiary/aromatic N) is 1. The summed E-state index contributed by atoms with van der Waals surface area (Å²) in [5.41, 5.74) is 0.628. The number of imide groups is 1. The lowest BCUT2D eigenvalue weighted by Crippen LogP contribution is -2.42. The molecule has 1 aliphatic heterocycles. The van der Waals surface area contributed by atoms with Crippen LogP contribution < -0.4 is 10.1 Å². The van der Waals surface area contributed by atoms with Gasteiger partial charge in [0.05, 0.1) is 6.54 Å². The summed E-state index contributed by atoms with van der Waals surface area (Å²) in [6, 6.07) is 14.1. The third-order valence-electron chi connectivity index (χ3n) is 4.55. The third kappa shape index (κ3) is 4.14. The number of ether oxygens (including phenoxy) is 1. The van der Waals surface area contributed by atoms with Crippen molar-refractivity contribution in [2.45, 2.75) is 25.5 Å². The van der Waals surface area contributed by atoms with Crippen molar-refractivity contribution in [3.63, 3.8) is 0 Å². The van der Waals surface area contributed by atoms with E-state index < -0.39 is 17.7 Å². The topological polar surface area (TPSA) is 78.9 Å². The van der Waals surface area contributed by atoms with Crippen LogP contribution in [0.25, 0.3) is 0 Å². The molecule has 0 spiro atoms. The lowest BCUT2D eigenvalue weighted by atomic mass is 9.91. The Labute approximate surface area is 166 Å². The molecule has 0 bridgehead atoms. The number of urea groups is 1. The summed E-state index contributed by atoms with van der Waals surface area (Å²) in [6.07, 6.45) is -0.997. The van der Waals surface area contributed by atoms with Crippen LogP contribution in [0.15, 0.2) is 53.0 Å². The van der Waals surface area contributed by atoms with E-state index in [0.717, 1.165) is 14.9 Å². The quantitative estimate of drug-likeness (QED) is 0.687. The molecule has 0 unspecified atom stereocenters. The maximum Gasteiger partial charge on any atom is 0.325 e. The van der Waals surface area contributed by atoms with Gasteiger partial charge in [-0.3, -0.25) is 9.69 Å². The van der Waals surface area contributed by atoms with Crippen molar-refractivity contribution in [3.8, 4) is 5.75 Å². The predicted molar refractivity (Wildman–Crippen MR) is 104 cm³/mol. The second-order valence-corrected chi connectivity index (χ2v) is 7.67. The molecule has 2 aromatic rings. The second-order valence-electron chi connectivity index (χ2n) is 6.76. The molecule has 0 aliphatic carbocycles. The molecule has 3 rings (SSSR count). The number of halogens is 1. The summed E-state index contributed by atoms with van der Waals surface area (Å²) in [6.45, 7) is 3.46. The van der Waals surface area contributed by atoms with Gasteiger partial charge in [0.25, 0.3) is 5.91 Å². The fourth-order valence-corrected chi connectivity index (χ4v) is 3.20. The maximum atomic E-state index is 12.9. The maximum absolute atomic E-state index is 12.9. The van der Waals surface area contributed by atoms with E-state index in [4.69, 9.17) is 4.74 Å². The first-order valence-corrected chi connectivity index (χ1v) is 9.36. The van der Waals surface area contributed by atoms with Crippen molar-refractivity contribution in [1.82, 2.24) is 10.2 Å². The summed E-state index contributed by atoms with van der Waals surface area (Å²) >= 11 is 3.34. The summed E-state index contributed by atoms with van der Waals surface area (Å²) < 4.78 is 6.43. The number of hydrogen-bond donors (Lipinski definition) is 2. The zero-order chi connectivity index (χ0) is 19.6. The number of β-amino-alcohol motifs (C(OH)–C–C–N with tert-alkyl or cyclic N) is 1. The average molecular weight is 433 g/mol. The second kappa shape index (κ2) is 7.70. The smallest absolute Gasteiger partial charge is 0.325 e. The van der Waals surface area contributed by atoms with Gasteiger partial charge in [-0.1, -0.05) is 45.8 Å². The van der Waals surface area contributed by atoms with Gasteiger partial charge in [0.15, 0.2) is 0 Å². The molecule has 2 atom stereocenters. The molecule has 0 aromatic heterocycles. The molecule has 142 valence electrons. The molecule has 3 amide bonds. The predicted octanol–water partition coefficient (Wildman–Crippen LogP) is 2.96. The molecule has 1 heterocycles. The number of carbonyl (C=O) groups is 2. The van der Waals surface area contributed by atoms with Gasteiger partial charge in [-0.15, -0.1) is 0 Å². The number of aliphatic hydroxyl groups is 1. The van der Waals surface area contributed by atoms with Gasteiger partial charge in [-0.25, -0.2) is 4.79 Å². The Morgan fingerprint density at radius 3 is 2.41 bits per heavy atom. The molecular formula is C20H21BrN2O4. The molecule has 2 N–H and O–H groups in total. The van der Waals surface area contributed by atoms with Gasteiger partial charge in [0.1, 0.15) is 24.0 Å². The Balaban J connectivity index is 1.64. The number of amides is 3. The minimum absolute atomic E-state index is 0.0278. The highest BCUT2D eigenvalue weighted by Crippen LogP contribution is 2.29. The van der Waals surface area contributed by atoms with E-state index >= 15 is 0 Å². The van der Waals surface area contributed by atoms with E-state index in [0.29, 0.717) is 11.3 Å². The Morgan fingerprint density at radius 1 is 1.15 bits per heavy atom. The molecule has 0 radical (unpaired) electrons. The van der Waals surface area contributed by atoms with Gasteiger partial charge < -0.3 is 15.2 Å². The first kappa shape index (κ1) is 19.4. The fourth-order valence-electron chi connectivity index (χ4n) is 2.93. The molecule has 1 fully saturated rings. The molecular weight excluding hydrogens is 412 g/mol. The van der Waals surface area contributed by atoms with Gasteiger partial charge in [-0.05, 0) is 43.7 Å². The van der Waals surface area contributed by atoms with Gasteiger partial charge in [0.2, 0.25) is 0 Å². The van der Waals surface area contributed by atoms with Crippen LogP contribution in [0.3, 0.4) is 0 Å². The fraction of sp³-hybridized carbons (Fsp3) is 0.300. The van der Waals surface area contributed by atoms with E-state index in [9.17, 15) is 14.7 Å². The van der Waals surface area contributed by atoms with E-state index in [1.807, 2.05) is 43.3 Å². The van der Waals surface area contributed by atoms with E-state index in [2.05, 4.69) is 21.2 Å². The van der Waals surface area contributed by atoms with Crippen LogP contribution in [-0.2, 0) is 10.3 Å². The molecule has 1 saturated heterocycles. The number of aryl methyl sites for hydroxylation is 1. The molecule has 6 nitrogen and oxygen atoms in total. The Morgan fingerprint density at radius 2 is 1.78 bits per heavy atom. The van der Waals surface area contributed by atoms with Crippen LogP contribution in [0.5, 0.6) is 5.75 Å². The number of rotatable bonds is 6.